The average Bonchev–Trinajstić information content (AvgIpc) is 3.67. The van der Waals surface area contributed by atoms with Crippen molar-refractivity contribution >= 4 is 3.21 Å². The number of benzene rings is 5. The summed E-state index contributed by atoms with van der Waals surface area (Å²) in [7, 11) is 0. The van der Waals surface area contributed by atoms with Crippen molar-refractivity contribution in [3.05, 3.63) is 191 Å². The van der Waals surface area contributed by atoms with Gasteiger partial charge in [0.05, 0.1) is 0 Å². The van der Waals surface area contributed by atoms with Gasteiger partial charge >= 0.3 is 99.2 Å². The summed E-state index contributed by atoms with van der Waals surface area (Å²) in [6, 6.07) is 49.7. The van der Waals surface area contributed by atoms with Gasteiger partial charge in [0.25, 0.3) is 0 Å². The standard InChI is InChI=1S/C13H9.C13H10.C12H11.2ClH.Zr/c1-3-7-12-10(5-1)9-11-6-2-4-8-13(11)12;1-3-7-12(8-4-1)11-13-9-5-2-6-10-13;1-2-6-11(7-3-1)10-12-8-4-5-9-12;;;/h1-5,7-8H,9H2;1-10H;1-3,6-9H,4,10H2;2*1H;/q-1;;-1;;;+2/p-2. The molecule has 202 valence electrons. The number of rotatable bonds is 4. The molecule has 3 heteroatoms. The largest absolute Gasteiger partial charge is 0.179 e. The van der Waals surface area contributed by atoms with E-state index in [0.29, 0.717) is 0 Å². The summed E-state index contributed by atoms with van der Waals surface area (Å²) in [6.45, 7) is 0. The summed E-state index contributed by atoms with van der Waals surface area (Å²) in [4.78, 5) is 0. The van der Waals surface area contributed by atoms with E-state index in [9.17, 15) is 0 Å². The van der Waals surface area contributed by atoms with Crippen molar-refractivity contribution in [1.29, 1.82) is 0 Å². The zero-order valence-corrected chi connectivity index (χ0v) is 26.7. The summed E-state index contributed by atoms with van der Waals surface area (Å²) >= 11 is 1.46. The fraction of sp³-hybridized carbons (Fsp3) is 0.0789. The van der Waals surface area contributed by atoms with Gasteiger partial charge < -0.3 is 24.8 Å². The van der Waals surface area contributed by atoms with Crippen LogP contribution in [-0.4, -0.2) is 3.21 Å². The van der Waals surface area contributed by atoms with Crippen LogP contribution in [0.4, 0.5) is 0 Å². The molecule has 0 heterocycles. The second kappa shape index (κ2) is 17.0. The predicted molar refractivity (Wildman–Crippen MR) is 160 cm³/mol. The van der Waals surface area contributed by atoms with Crippen LogP contribution in [-0.2, 0) is 37.1 Å². The Morgan fingerprint density at radius 1 is 0.634 bits per heavy atom. The van der Waals surface area contributed by atoms with E-state index < -0.39 is 0 Å². The molecule has 0 aromatic heterocycles. The van der Waals surface area contributed by atoms with E-state index in [4.69, 9.17) is 0 Å². The van der Waals surface area contributed by atoms with Crippen molar-refractivity contribution in [2.75, 3.05) is 0 Å². The van der Waals surface area contributed by atoms with Crippen LogP contribution in [0.25, 0.3) is 11.1 Å². The van der Waals surface area contributed by atoms with Gasteiger partial charge in [-0.25, -0.2) is 6.08 Å². The first-order valence-corrected chi connectivity index (χ1v) is 14.6. The Hall–Kier alpha value is -3.09. The van der Waals surface area contributed by atoms with Gasteiger partial charge in [-0.2, -0.15) is 41.5 Å². The second-order valence-corrected chi connectivity index (χ2v) is 10.7. The van der Waals surface area contributed by atoms with Crippen molar-refractivity contribution in [3.63, 3.8) is 0 Å². The fourth-order valence-corrected chi connectivity index (χ4v) is 5.59. The molecule has 2 aliphatic carbocycles. The van der Waals surface area contributed by atoms with Crippen LogP contribution >= 0.6 is 0 Å². The third kappa shape index (κ3) is 9.21. The molecule has 0 atom stereocenters. The maximum atomic E-state index is 3.30. The van der Waals surface area contributed by atoms with Gasteiger partial charge in [0, 0.05) is 0 Å². The molecule has 41 heavy (non-hydrogen) atoms. The Labute approximate surface area is 272 Å². The van der Waals surface area contributed by atoms with Gasteiger partial charge in [-0.1, -0.05) is 77.7 Å². The van der Waals surface area contributed by atoms with Crippen LogP contribution in [0.1, 0.15) is 34.2 Å². The van der Waals surface area contributed by atoms with E-state index in [1.165, 1.54) is 72.0 Å². The van der Waals surface area contributed by atoms with E-state index in [0.717, 1.165) is 19.3 Å². The molecule has 0 N–H and O–H groups in total. The molecule has 0 aliphatic heterocycles. The quantitative estimate of drug-likeness (QED) is 0.258. The molecule has 0 saturated carbocycles. The van der Waals surface area contributed by atoms with Crippen LogP contribution < -0.4 is 24.8 Å². The topological polar surface area (TPSA) is 0 Å². The average molecular weight is 649 g/mol. The van der Waals surface area contributed by atoms with Crippen molar-refractivity contribution in [2.45, 2.75) is 19.3 Å². The maximum Gasteiger partial charge on any atom is -0.0253 e. The maximum absolute atomic E-state index is 3.30. The molecule has 0 nitrogen and oxygen atoms in total. The molecule has 0 fully saturated rings. The Kier molecular flexibility index (Phi) is 13.4. The molecular formula is C38H30Cl2Zr-2. The molecule has 5 aromatic rings. The smallest absolute Gasteiger partial charge is 0.0253 e. The summed E-state index contributed by atoms with van der Waals surface area (Å²) in [5.74, 6) is 0. The predicted octanol–water partition coefficient (Wildman–Crippen LogP) is 2.79. The first kappa shape index (κ1) is 32.4. The molecule has 7 rings (SSSR count). The number of hydrogen-bond acceptors (Lipinski definition) is 0. The van der Waals surface area contributed by atoms with Crippen LogP contribution in [0.15, 0.2) is 151 Å². The van der Waals surface area contributed by atoms with E-state index in [1.807, 2.05) is 6.07 Å². The summed E-state index contributed by atoms with van der Waals surface area (Å²) in [6.07, 6.45) is 10.6. The SMILES string of the molecule is [C-]1=CC(Cc2ccccc2)=CC1.[Cl-].[Cl-].[Zr+2]=[C](c1ccccc1)c1ccccc1.[c-]1cccc2c1Cc1ccccc1-2. The van der Waals surface area contributed by atoms with Crippen molar-refractivity contribution in [2.24, 2.45) is 0 Å². The van der Waals surface area contributed by atoms with Gasteiger partial charge in [-0.15, -0.1) is 12.0 Å². The van der Waals surface area contributed by atoms with Crippen LogP contribution in [0.2, 0.25) is 0 Å². The fourth-order valence-electron chi connectivity index (χ4n) is 4.77. The molecule has 0 amide bonds. The van der Waals surface area contributed by atoms with Crippen molar-refractivity contribution in [1.82, 2.24) is 0 Å². The summed E-state index contributed by atoms with van der Waals surface area (Å²) in [5.41, 5.74) is 10.9. The van der Waals surface area contributed by atoms with E-state index in [2.05, 4.69) is 152 Å². The van der Waals surface area contributed by atoms with E-state index >= 15 is 0 Å². The third-order valence-electron chi connectivity index (χ3n) is 6.76. The van der Waals surface area contributed by atoms with Gasteiger partial charge in [-0.05, 0) is 6.42 Å². The number of halogens is 2. The van der Waals surface area contributed by atoms with E-state index in [1.54, 1.807) is 0 Å². The number of hydrogen-bond donors (Lipinski definition) is 0. The summed E-state index contributed by atoms with van der Waals surface area (Å²) < 4.78 is 1.42. The zero-order chi connectivity index (χ0) is 26.7. The first-order valence-electron chi connectivity index (χ1n) is 13.3. The van der Waals surface area contributed by atoms with Crippen molar-refractivity contribution < 1.29 is 49.0 Å². The molecule has 0 bridgehead atoms. The monoisotopic (exact) mass is 646 g/mol. The molecule has 5 aromatic carbocycles. The molecule has 2 aliphatic rings. The van der Waals surface area contributed by atoms with Crippen molar-refractivity contribution in [3.8, 4) is 11.1 Å². The van der Waals surface area contributed by atoms with Crippen LogP contribution in [0, 0.1) is 12.1 Å². The third-order valence-corrected chi connectivity index (χ3v) is 8.18. The molecule has 0 saturated heterocycles. The van der Waals surface area contributed by atoms with Gasteiger partial charge in [0.2, 0.25) is 0 Å². The normalized spacial score (nSPS) is 11.6. The molecular weight excluding hydrogens is 619 g/mol. The zero-order valence-electron chi connectivity index (χ0n) is 22.7. The van der Waals surface area contributed by atoms with Gasteiger partial charge in [-0.3, -0.25) is 6.08 Å². The van der Waals surface area contributed by atoms with Gasteiger partial charge in [0.1, 0.15) is 0 Å². The molecule has 0 unspecified atom stereocenters. The van der Waals surface area contributed by atoms with Gasteiger partial charge in [0.15, 0.2) is 0 Å². The number of allylic oxidation sites excluding steroid dienone is 4. The van der Waals surface area contributed by atoms with Crippen LogP contribution in [0.3, 0.4) is 0 Å². The van der Waals surface area contributed by atoms with Crippen LogP contribution in [0.5, 0.6) is 0 Å². The molecule has 0 radical (unpaired) electrons. The Morgan fingerprint density at radius 2 is 1.20 bits per heavy atom. The minimum atomic E-state index is 0. The Morgan fingerprint density at radius 3 is 1.80 bits per heavy atom. The minimum Gasteiger partial charge on any atom is -0.179 e. The molecule has 0 spiro atoms. The first-order chi connectivity index (χ1) is 19.3. The number of fused-ring (bicyclic) bond motifs is 3. The summed E-state index contributed by atoms with van der Waals surface area (Å²) in [5, 5.41) is 0. The Bertz CT molecular complexity index is 1490. The minimum absolute atomic E-state index is 0. The Balaban J connectivity index is 0.000000166. The second-order valence-electron chi connectivity index (χ2n) is 9.50. The van der Waals surface area contributed by atoms with E-state index in [-0.39, 0.29) is 24.8 Å².